The first-order valence-corrected chi connectivity index (χ1v) is 28.7. The fourth-order valence-electron chi connectivity index (χ4n) is 4.78. The Morgan fingerprint density at radius 2 is 0.886 bits per heavy atom. The van der Waals surface area contributed by atoms with E-state index in [2.05, 4.69) is 67.7 Å². The van der Waals surface area contributed by atoms with E-state index in [1.165, 1.54) is 0 Å². The smallest absolute Gasteiger partial charge is 0.353 e. The summed E-state index contributed by atoms with van der Waals surface area (Å²) in [5.41, 5.74) is 0.150. The van der Waals surface area contributed by atoms with Crippen LogP contribution in [0, 0.1) is 10.8 Å². The molecule has 0 aromatic carbocycles. The van der Waals surface area contributed by atoms with Crippen LogP contribution in [0.15, 0.2) is 0 Å². The second kappa shape index (κ2) is 20.0. The minimum atomic E-state index is -3.05. The van der Waals surface area contributed by atoms with E-state index >= 15 is 0 Å². The van der Waals surface area contributed by atoms with E-state index in [0.29, 0.717) is 36.9 Å². The van der Waals surface area contributed by atoms with Crippen LogP contribution in [-0.4, -0.2) is 87.4 Å². The lowest BCUT2D eigenvalue weighted by molar-refractivity contribution is 0.0893. The number of rotatable bonds is 16. The summed E-state index contributed by atoms with van der Waals surface area (Å²) < 4.78 is 60.3. The fourth-order valence-corrected chi connectivity index (χ4v) is 21.0. The average Bonchev–Trinajstić information content (AvgIpc) is 3.56. The van der Waals surface area contributed by atoms with Crippen LogP contribution in [0.4, 0.5) is 0 Å². The highest BCUT2D eigenvalue weighted by Gasteiger charge is 2.48. The number of hydrogen-bond acceptors (Lipinski definition) is 12. The van der Waals surface area contributed by atoms with Gasteiger partial charge in [0.15, 0.2) is 26.7 Å². The summed E-state index contributed by atoms with van der Waals surface area (Å²) in [6.07, 6.45) is 0.358. The lowest BCUT2D eigenvalue weighted by atomic mass is 9.87. The predicted molar refractivity (Wildman–Crippen MR) is 203 cm³/mol. The summed E-state index contributed by atoms with van der Waals surface area (Å²) in [5, 5.41) is 0.665. The first kappa shape index (κ1) is 44.1. The Labute approximate surface area is 290 Å². The van der Waals surface area contributed by atoms with Crippen molar-refractivity contribution in [1.29, 1.82) is 0 Å². The SMILES string of the molecule is CCOP(=O)(OCC)[C@@H]1SC[C@@H](C(O[SiH](C)C)C(C)(C)C)S1.CCOP(=O)(OCC)[C@@H]1SC[C@H](C(O[SiH](C)C)C(C)(C)C)S1. The van der Waals surface area contributed by atoms with Gasteiger partial charge in [-0.15, -0.1) is 47.0 Å². The number of thioether (sulfide) groups is 4. The summed E-state index contributed by atoms with van der Waals surface area (Å²) in [5.74, 6) is 1.87. The summed E-state index contributed by atoms with van der Waals surface area (Å²) in [6.45, 7) is 31.2. The lowest BCUT2D eigenvalue weighted by Gasteiger charge is -2.36. The lowest BCUT2D eigenvalue weighted by Crippen LogP contribution is -2.41. The molecule has 0 aliphatic carbocycles. The number of hydrogen-bond donors (Lipinski definition) is 0. The Morgan fingerprint density at radius 1 is 0.614 bits per heavy atom. The highest BCUT2D eigenvalue weighted by molar-refractivity contribution is 8.27. The zero-order chi connectivity index (χ0) is 33.9. The van der Waals surface area contributed by atoms with Gasteiger partial charge in [0, 0.05) is 22.0 Å². The van der Waals surface area contributed by atoms with Crippen LogP contribution in [0.5, 0.6) is 0 Å². The van der Waals surface area contributed by atoms with Gasteiger partial charge in [-0.3, -0.25) is 9.13 Å². The maximum atomic E-state index is 12.9. The molecule has 0 aromatic heterocycles. The Kier molecular flexibility index (Phi) is 20.1. The molecule has 2 aliphatic rings. The van der Waals surface area contributed by atoms with Crippen molar-refractivity contribution in [1.82, 2.24) is 0 Å². The topological polar surface area (TPSA) is 89.5 Å². The van der Waals surface area contributed by atoms with Crippen LogP contribution >= 0.6 is 62.2 Å². The third-order valence-corrected chi connectivity index (χ3v) is 21.8. The van der Waals surface area contributed by atoms with Crippen LogP contribution < -0.4 is 0 Å². The summed E-state index contributed by atoms with van der Waals surface area (Å²) in [7, 11) is -8.35. The van der Waals surface area contributed by atoms with E-state index in [1.54, 1.807) is 47.0 Å². The van der Waals surface area contributed by atoms with Crippen LogP contribution in [0.3, 0.4) is 0 Å². The van der Waals surface area contributed by atoms with Crippen molar-refractivity contribution in [2.75, 3.05) is 37.9 Å². The van der Waals surface area contributed by atoms with E-state index in [4.69, 9.17) is 26.9 Å². The van der Waals surface area contributed by atoms with Crippen LogP contribution in [-0.2, 0) is 36.1 Å². The summed E-state index contributed by atoms with van der Waals surface area (Å²) in [6, 6.07) is 0. The Balaban J connectivity index is 0.000000440. The van der Waals surface area contributed by atoms with Gasteiger partial charge in [0.2, 0.25) is 0 Å². The molecule has 2 fully saturated rings. The molecule has 0 radical (unpaired) electrons. The summed E-state index contributed by atoms with van der Waals surface area (Å²) in [4.78, 5) is 0. The highest BCUT2D eigenvalue weighted by Crippen LogP contribution is 2.67. The Hall–Kier alpha value is 2.05. The average molecular weight is 773 g/mol. The van der Waals surface area contributed by atoms with Gasteiger partial charge in [0.05, 0.1) is 38.6 Å². The van der Waals surface area contributed by atoms with Crippen molar-refractivity contribution in [2.24, 2.45) is 10.8 Å². The molecule has 0 N–H and O–H groups in total. The van der Waals surface area contributed by atoms with E-state index in [9.17, 15) is 9.13 Å². The molecule has 0 aromatic rings. The molecule has 16 heteroatoms. The molecule has 0 saturated carbocycles. The van der Waals surface area contributed by atoms with E-state index in [0.717, 1.165) is 11.5 Å². The van der Waals surface area contributed by atoms with Crippen LogP contribution in [0.2, 0.25) is 26.2 Å². The minimum Gasteiger partial charge on any atom is -0.416 e. The van der Waals surface area contributed by atoms with Gasteiger partial charge in [-0.05, 0) is 64.7 Å². The fraction of sp³-hybridized carbons (Fsp3) is 1.00. The van der Waals surface area contributed by atoms with Crippen molar-refractivity contribution in [3.63, 3.8) is 0 Å². The molecule has 0 amide bonds. The molecule has 8 nitrogen and oxygen atoms in total. The molecule has 264 valence electrons. The molecule has 2 unspecified atom stereocenters. The molecule has 2 aliphatic heterocycles. The largest absolute Gasteiger partial charge is 0.416 e. The second-order valence-electron chi connectivity index (χ2n) is 13.3. The van der Waals surface area contributed by atoms with Crippen molar-refractivity contribution >= 4 is 80.3 Å². The normalized spacial score (nSPS) is 24.9. The minimum absolute atomic E-state index is 0.0750. The van der Waals surface area contributed by atoms with Crippen molar-refractivity contribution < 1.29 is 36.1 Å². The second-order valence-corrected chi connectivity index (χ2v) is 29.3. The van der Waals surface area contributed by atoms with E-state index in [1.807, 2.05) is 27.7 Å². The third kappa shape index (κ3) is 14.1. The summed E-state index contributed by atoms with van der Waals surface area (Å²) >= 11 is 6.83. The van der Waals surface area contributed by atoms with Crippen LogP contribution in [0.25, 0.3) is 0 Å². The monoisotopic (exact) mass is 772 g/mol. The molecule has 2 rings (SSSR count). The highest BCUT2D eigenvalue weighted by atomic mass is 32.2. The van der Waals surface area contributed by atoms with Gasteiger partial charge >= 0.3 is 15.2 Å². The molecule has 2 heterocycles. The molecule has 2 saturated heterocycles. The molecule has 6 atom stereocenters. The van der Waals surface area contributed by atoms with Gasteiger partial charge in [-0.1, -0.05) is 41.5 Å². The maximum Gasteiger partial charge on any atom is 0.353 e. The Morgan fingerprint density at radius 3 is 1.09 bits per heavy atom. The van der Waals surface area contributed by atoms with Gasteiger partial charge in [0.1, 0.15) is 0 Å². The molecule has 0 spiro atoms. The first-order chi connectivity index (χ1) is 20.3. The Bertz CT molecular complexity index is 831. The third-order valence-electron chi connectivity index (χ3n) is 6.36. The quantitative estimate of drug-likeness (QED) is 0.111. The molecular formula is C28H62O8P2S4Si2. The standard InChI is InChI=1S/2C14H31O4PS2Si/c2*1-8-16-19(15,17-9-2)13-20-10-11(21-13)12(14(3,4)5)18-22(6)7/h2*11-13,22H,8-10H2,1-7H3/t11-,12?,13+;11-,12?,13-/m01/s1. The predicted octanol–water partition coefficient (Wildman–Crippen LogP) is 9.60. The first-order valence-electron chi connectivity index (χ1n) is 15.9. The molecular weight excluding hydrogens is 711 g/mol. The van der Waals surface area contributed by atoms with E-state index in [-0.39, 0.29) is 31.7 Å². The van der Waals surface area contributed by atoms with Gasteiger partial charge in [-0.2, -0.15) is 0 Å². The zero-order valence-corrected chi connectivity index (χ0v) is 37.0. The van der Waals surface area contributed by atoms with Crippen molar-refractivity contribution in [3.8, 4) is 0 Å². The van der Waals surface area contributed by atoms with Gasteiger partial charge in [0.25, 0.3) is 0 Å². The molecule has 44 heavy (non-hydrogen) atoms. The zero-order valence-electron chi connectivity index (χ0n) is 29.7. The van der Waals surface area contributed by atoms with Gasteiger partial charge in [-0.25, -0.2) is 0 Å². The van der Waals surface area contributed by atoms with Gasteiger partial charge < -0.3 is 26.9 Å². The van der Waals surface area contributed by atoms with E-state index < -0.39 is 33.3 Å². The van der Waals surface area contributed by atoms with Crippen molar-refractivity contribution in [2.45, 2.75) is 127 Å². The van der Waals surface area contributed by atoms with Crippen molar-refractivity contribution in [3.05, 3.63) is 0 Å². The maximum absolute atomic E-state index is 12.9. The molecule has 0 bridgehead atoms. The van der Waals surface area contributed by atoms with Crippen LogP contribution in [0.1, 0.15) is 69.2 Å².